The van der Waals surface area contributed by atoms with Crippen LogP contribution >= 0.6 is 11.8 Å². The van der Waals surface area contributed by atoms with Crippen LogP contribution in [-0.2, 0) is 5.75 Å². The molecule has 1 aromatic heterocycles. The minimum Gasteiger partial charge on any atom is -0.338 e. The molecule has 1 N–H and O–H groups in total. The van der Waals surface area contributed by atoms with Gasteiger partial charge >= 0.3 is 0 Å². The van der Waals surface area contributed by atoms with Crippen LogP contribution in [0.4, 0.5) is 4.39 Å². The zero-order chi connectivity index (χ0) is 13.9. The quantitative estimate of drug-likeness (QED) is 0.877. The van der Waals surface area contributed by atoms with Crippen LogP contribution in [0.3, 0.4) is 0 Å². The van der Waals surface area contributed by atoms with Crippen LogP contribution in [0.5, 0.6) is 0 Å². The van der Waals surface area contributed by atoms with Crippen molar-refractivity contribution in [3.8, 4) is 0 Å². The van der Waals surface area contributed by atoms with E-state index in [0.717, 1.165) is 17.9 Å². The summed E-state index contributed by atoms with van der Waals surface area (Å²) in [6.45, 7) is 3.18. The summed E-state index contributed by atoms with van der Waals surface area (Å²) in [5.74, 6) is 2.27. The van der Waals surface area contributed by atoms with E-state index >= 15 is 0 Å². The fourth-order valence-electron chi connectivity index (χ4n) is 2.30. The highest BCUT2D eigenvalue weighted by atomic mass is 32.2. The van der Waals surface area contributed by atoms with Gasteiger partial charge in [-0.1, -0.05) is 12.1 Å². The standard InChI is InChI=1S/C14H16FN3OS/c1-9-6-7-16-13(9)14-17-12(18-19-14)8-20-11-4-2-10(15)3-5-11/h2-5,9,13,16H,6-8H2,1H3. The molecule has 2 unspecified atom stereocenters. The maximum absolute atomic E-state index is 12.8. The molecule has 4 nitrogen and oxygen atoms in total. The largest absolute Gasteiger partial charge is 0.338 e. The molecule has 20 heavy (non-hydrogen) atoms. The molecule has 3 rings (SSSR count). The van der Waals surface area contributed by atoms with Gasteiger partial charge < -0.3 is 9.84 Å². The molecule has 2 atom stereocenters. The zero-order valence-corrected chi connectivity index (χ0v) is 12.0. The van der Waals surface area contributed by atoms with E-state index in [1.54, 1.807) is 23.9 Å². The van der Waals surface area contributed by atoms with Gasteiger partial charge in [-0.2, -0.15) is 4.98 Å². The van der Waals surface area contributed by atoms with Crippen molar-refractivity contribution in [1.82, 2.24) is 15.5 Å². The van der Waals surface area contributed by atoms with Crippen LogP contribution in [0.2, 0.25) is 0 Å². The molecule has 1 aliphatic rings. The second-order valence-electron chi connectivity index (χ2n) is 4.99. The molecule has 0 spiro atoms. The van der Waals surface area contributed by atoms with E-state index in [4.69, 9.17) is 4.52 Å². The Bertz CT molecular complexity index is 572. The second-order valence-corrected chi connectivity index (χ2v) is 6.04. The minimum atomic E-state index is -0.225. The van der Waals surface area contributed by atoms with Gasteiger partial charge in [-0.05, 0) is 43.1 Å². The van der Waals surface area contributed by atoms with Crippen LogP contribution in [0.1, 0.15) is 31.1 Å². The van der Waals surface area contributed by atoms with Crippen molar-refractivity contribution >= 4 is 11.8 Å². The van der Waals surface area contributed by atoms with Crippen molar-refractivity contribution in [2.75, 3.05) is 6.54 Å². The Kier molecular flexibility index (Phi) is 4.03. The van der Waals surface area contributed by atoms with Crippen molar-refractivity contribution in [2.24, 2.45) is 5.92 Å². The summed E-state index contributed by atoms with van der Waals surface area (Å²) < 4.78 is 18.1. The molecular formula is C14H16FN3OS. The van der Waals surface area contributed by atoms with Gasteiger partial charge in [0.15, 0.2) is 5.82 Å². The summed E-state index contributed by atoms with van der Waals surface area (Å²) >= 11 is 1.57. The maximum Gasteiger partial charge on any atom is 0.244 e. The minimum absolute atomic E-state index is 0.173. The number of nitrogens with zero attached hydrogens (tertiary/aromatic N) is 2. The number of rotatable bonds is 4. The number of hydrogen-bond acceptors (Lipinski definition) is 5. The summed E-state index contributed by atoms with van der Waals surface area (Å²) in [6, 6.07) is 6.58. The zero-order valence-electron chi connectivity index (χ0n) is 11.2. The lowest BCUT2D eigenvalue weighted by Crippen LogP contribution is -2.16. The summed E-state index contributed by atoms with van der Waals surface area (Å²) in [5, 5.41) is 7.38. The van der Waals surface area contributed by atoms with Gasteiger partial charge in [-0.15, -0.1) is 11.8 Å². The lowest BCUT2D eigenvalue weighted by molar-refractivity contribution is 0.317. The first kappa shape index (κ1) is 13.6. The molecule has 0 bridgehead atoms. The average molecular weight is 293 g/mol. The fraction of sp³-hybridized carbons (Fsp3) is 0.429. The van der Waals surface area contributed by atoms with Crippen molar-refractivity contribution in [1.29, 1.82) is 0 Å². The van der Waals surface area contributed by atoms with Crippen molar-refractivity contribution in [3.63, 3.8) is 0 Å². The fourth-order valence-corrected chi connectivity index (χ4v) is 3.04. The van der Waals surface area contributed by atoms with Gasteiger partial charge in [0.05, 0.1) is 11.8 Å². The predicted molar refractivity (Wildman–Crippen MR) is 74.8 cm³/mol. The van der Waals surface area contributed by atoms with Gasteiger partial charge in [0, 0.05) is 4.90 Å². The summed E-state index contributed by atoms with van der Waals surface area (Å²) in [6.07, 6.45) is 1.13. The first-order chi connectivity index (χ1) is 9.72. The van der Waals surface area contributed by atoms with Crippen LogP contribution in [0.15, 0.2) is 33.7 Å². The van der Waals surface area contributed by atoms with Crippen LogP contribution in [-0.4, -0.2) is 16.7 Å². The molecular weight excluding hydrogens is 277 g/mol. The topological polar surface area (TPSA) is 51.0 Å². The average Bonchev–Trinajstić information content (AvgIpc) is 3.06. The third-order valence-corrected chi connectivity index (χ3v) is 4.47. The number of benzene rings is 1. The Morgan fingerprint density at radius 1 is 1.40 bits per heavy atom. The van der Waals surface area contributed by atoms with Crippen LogP contribution in [0, 0.1) is 11.7 Å². The van der Waals surface area contributed by atoms with Gasteiger partial charge in [0.2, 0.25) is 5.89 Å². The predicted octanol–water partition coefficient (Wildman–Crippen LogP) is 3.17. The number of hydrogen-bond donors (Lipinski definition) is 1. The Morgan fingerprint density at radius 3 is 2.90 bits per heavy atom. The molecule has 106 valence electrons. The molecule has 0 amide bonds. The molecule has 1 fully saturated rings. The number of aromatic nitrogens is 2. The van der Waals surface area contributed by atoms with Crippen molar-refractivity contribution in [2.45, 2.75) is 30.0 Å². The Morgan fingerprint density at radius 2 is 2.20 bits per heavy atom. The SMILES string of the molecule is CC1CCNC1c1nc(CSc2ccc(F)cc2)no1. The lowest BCUT2D eigenvalue weighted by atomic mass is 10.0. The van der Waals surface area contributed by atoms with Crippen LogP contribution in [0.25, 0.3) is 0 Å². The van der Waals surface area contributed by atoms with E-state index in [-0.39, 0.29) is 11.9 Å². The first-order valence-electron chi connectivity index (χ1n) is 6.66. The molecule has 1 aliphatic heterocycles. The van der Waals surface area contributed by atoms with Gasteiger partial charge in [-0.3, -0.25) is 0 Å². The Labute approximate surface area is 121 Å². The third kappa shape index (κ3) is 3.02. The number of thioether (sulfide) groups is 1. The maximum atomic E-state index is 12.8. The van der Waals surface area contributed by atoms with Crippen LogP contribution < -0.4 is 5.32 Å². The summed E-state index contributed by atoms with van der Waals surface area (Å²) in [4.78, 5) is 5.43. The normalized spacial score (nSPS) is 22.3. The first-order valence-corrected chi connectivity index (χ1v) is 7.65. The van der Waals surface area contributed by atoms with Gasteiger partial charge in [0.25, 0.3) is 0 Å². The molecule has 0 radical (unpaired) electrons. The molecule has 0 aliphatic carbocycles. The van der Waals surface area contributed by atoms with Crippen molar-refractivity contribution < 1.29 is 8.91 Å². The van der Waals surface area contributed by atoms with E-state index in [0.29, 0.717) is 23.4 Å². The highest BCUT2D eigenvalue weighted by molar-refractivity contribution is 7.98. The Balaban J connectivity index is 1.61. The molecule has 1 aromatic carbocycles. The smallest absolute Gasteiger partial charge is 0.244 e. The van der Waals surface area contributed by atoms with Gasteiger partial charge in [-0.25, -0.2) is 4.39 Å². The number of nitrogens with one attached hydrogen (secondary N) is 1. The van der Waals surface area contributed by atoms with E-state index in [9.17, 15) is 4.39 Å². The summed E-state index contributed by atoms with van der Waals surface area (Å²) in [5.41, 5.74) is 0. The molecule has 6 heteroatoms. The number of halogens is 1. The van der Waals surface area contributed by atoms with E-state index < -0.39 is 0 Å². The lowest BCUT2D eigenvalue weighted by Gasteiger charge is -2.09. The highest BCUT2D eigenvalue weighted by Gasteiger charge is 2.29. The molecule has 0 saturated carbocycles. The van der Waals surface area contributed by atoms with E-state index in [1.807, 2.05) is 0 Å². The summed E-state index contributed by atoms with van der Waals surface area (Å²) in [7, 11) is 0. The highest BCUT2D eigenvalue weighted by Crippen LogP contribution is 2.28. The second kappa shape index (κ2) is 5.93. The molecule has 1 saturated heterocycles. The molecule has 2 aromatic rings. The van der Waals surface area contributed by atoms with E-state index in [1.165, 1.54) is 12.1 Å². The molecule has 2 heterocycles. The third-order valence-electron chi connectivity index (χ3n) is 3.46. The van der Waals surface area contributed by atoms with Crippen molar-refractivity contribution in [3.05, 3.63) is 41.8 Å². The van der Waals surface area contributed by atoms with Gasteiger partial charge in [0.1, 0.15) is 5.82 Å². The van der Waals surface area contributed by atoms with E-state index in [2.05, 4.69) is 22.4 Å². The Hall–Kier alpha value is -1.40. The monoisotopic (exact) mass is 293 g/mol.